The molecule has 3 aliphatic rings. The number of halogens is 1. The average molecular weight is 1100 g/mol. The van der Waals surface area contributed by atoms with Crippen LogP contribution in [-0.4, -0.2) is 122 Å². The number of nitrogens with zero attached hydrogens (tertiary/aromatic N) is 7. The number of aliphatic hydroxyl groups is 1. The summed E-state index contributed by atoms with van der Waals surface area (Å²) in [5.41, 5.74) is 8.22. The molecular weight excluding hydrogens is 1040 g/mol. The Morgan fingerprint density at radius 1 is 0.863 bits per heavy atom. The Hall–Kier alpha value is -7.87. The first-order chi connectivity index (χ1) is 38.5. The van der Waals surface area contributed by atoms with E-state index in [2.05, 4.69) is 69.2 Å². The molecule has 4 N–H and O–H groups in total. The van der Waals surface area contributed by atoms with Gasteiger partial charge in [-0.2, -0.15) is 15.1 Å². The highest BCUT2D eigenvalue weighted by molar-refractivity contribution is 7.13. The normalized spacial score (nSPS) is 17.6. The molecule has 2 aliphatic heterocycles. The summed E-state index contributed by atoms with van der Waals surface area (Å²) in [6.45, 7) is 12.1. The van der Waals surface area contributed by atoms with Crippen molar-refractivity contribution in [2.24, 2.45) is 5.41 Å². The maximum Gasteiger partial charge on any atom is 0.320 e. The lowest BCUT2D eigenvalue weighted by Crippen LogP contribution is -2.59. The number of hydrogen-bond donors (Lipinski definition) is 4. The van der Waals surface area contributed by atoms with Gasteiger partial charge in [0, 0.05) is 62.4 Å². The lowest BCUT2D eigenvalue weighted by Gasteiger charge is -2.36. The molecule has 0 bridgehead atoms. The van der Waals surface area contributed by atoms with E-state index in [1.807, 2.05) is 85.9 Å². The number of hydrogen-bond acceptors (Lipinski definition) is 13. The molecule has 4 atom stereocenters. The lowest BCUT2D eigenvalue weighted by molar-refractivity contribution is -0.145. The van der Waals surface area contributed by atoms with Crippen molar-refractivity contribution in [1.82, 2.24) is 40.3 Å². The monoisotopic (exact) mass is 1100 g/mol. The van der Waals surface area contributed by atoms with Crippen LogP contribution in [0.2, 0.25) is 0 Å². The summed E-state index contributed by atoms with van der Waals surface area (Å²) >= 11 is 1.52. The fourth-order valence-corrected chi connectivity index (χ4v) is 10.9. The predicted octanol–water partition coefficient (Wildman–Crippen LogP) is 8.77. The van der Waals surface area contributed by atoms with E-state index in [0.29, 0.717) is 50.8 Å². The summed E-state index contributed by atoms with van der Waals surface area (Å²) < 4.78 is 28.4. The molecular formula is C61H67FN10O7S. The summed E-state index contributed by atoms with van der Waals surface area (Å²) in [5.74, 6) is -0.852. The number of aromatic nitrogens is 5. The van der Waals surface area contributed by atoms with E-state index >= 15 is 0 Å². The minimum atomic E-state index is -2.01. The van der Waals surface area contributed by atoms with E-state index < -0.39 is 53.0 Å². The lowest BCUT2D eigenvalue weighted by atomic mass is 9.85. The SMILES string of the molecule is Cc1cccc(-c2ccn(-c3cc(N4CCOCC4)nc(OCCc4ccc(-c5ccc(NC(=O)CC[C@H](NC(=O)[C@@H]6C[C@@H](O)CN6C(=O)[C@@H](NC(=O)C6(F)CC6)C(C)(C)C)c6ccc(-c7scnc7C)cc6)cc5)cc4)n3)n2)c1. The van der Waals surface area contributed by atoms with Gasteiger partial charge < -0.3 is 40.3 Å². The van der Waals surface area contributed by atoms with Crippen molar-refractivity contribution in [1.29, 1.82) is 0 Å². The molecule has 4 aromatic carbocycles. The van der Waals surface area contributed by atoms with Gasteiger partial charge in [0.2, 0.25) is 17.7 Å². The number of carbonyl (C=O) groups excluding carboxylic acids is 4. The smallest absolute Gasteiger partial charge is 0.320 e. The molecule has 17 nitrogen and oxygen atoms in total. The van der Waals surface area contributed by atoms with Gasteiger partial charge in [-0.05, 0) is 90.6 Å². The van der Waals surface area contributed by atoms with Crippen LogP contribution in [0.25, 0.3) is 38.6 Å². The van der Waals surface area contributed by atoms with Gasteiger partial charge in [-0.25, -0.2) is 14.1 Å². The third kappa shape index (κ3) is 13.2. The van der Waals surface area contributed by atoms with Gasteiger partial charge in [-0.3, -0.25) is 19.2 Å². The molecule has 1 saturated carbocycles. The molecule has 0 spiro atoms. The zero-order valence-corrected chi connectivity index (χ0v) is 46.5. The number of ether oxygens (including phenoxy) is 2. The molecule has 19 heteroatoms. The first-order valence-corrected chi connectivity index (χ1v) is 28.1. The first-order valence-electron chi connectivity index (χ1n) is 27.2. The van der Waals surface area contributed by atoms with Crippen LogP contribution in [-0.2, 0) is 30.3 Å². The van der Waals surface area contributed by atoms with Gasteiger partial charge in [0.1, 0.15) is 17.9 Å². The van der Waals surface area contributed by atoms with Gasteiger partial charge in [0.05, 0.1) is 53.7 Å². The topological polar surface area (TPSA) is 206 Å². The number of aryl methyl sites for hydroxylation is 2. The van der Waals surface area contributed by atoms with Crippen LogP contribution in [0.5, 0.6) is 6.01 Å². The summed E-state index contributed by atoms with van der Waals surface area (Å²) in [7, 11) is 0. The van der Waals surface area contributed by atoms with Crippen LogP contribution in [0.4, 0.5) is 15.9 Å². The van der Waals surface area contributed by atoms with Crippen LogP contribution in [0.15, 0.2) is 121 Å². The van der Waals surface area contributed by atoms with E-state index in [1.165, 1.54) is 16.2 Å². The zero-order chi connectivity index (χ0) is 56.1. The highest BCUT2D eigenvalue weighted by Gasteiger charge is 2.53. The number of likely N-dealkylation sites (tertiary alicyclic amines) is 1. The molecule has 5 heterocycles. The van der Waals surface area contributed by atoms with Gasteiger partial charge >= 0.3 is 6.01 Å². The number of morpholine rings is 1. The van der Waals surface area contributed by atoms with E-state index in [-0.39, 0.29) is 50.6 Å². The molecule has 7 aromatic rings. The second-order valence-corrected chi connectivity index (χ2v) is 22.9. The number of aliphatic hydroxyl groups excluding tert-OH is 1. The van der Waals surface area contributed by atoms with Crippen LogP contribution < -0.4 is 25.6 Å². The maximum atomic E-state index is 14.8. The van der Waals surface area contributed by atoms with Crippen molar-refractivity contribution in [3.63, 3.8) is 0 Å². The Balaban J connectivity index is 0.763. The van der Waals surface area contributed by atoms with E-state index in [0.717, 1.165) is 61.0 Å². The highest BCUT2D eigenvalue weighted by Crippen LogP contribution is 2.41. The minimum Gasteiger partial charge on any atom is -0.463 e. The molecule has 3 aromatic heterocycles. The molecule has 1 aliphatic carbocycles. The molecule has 80 heavy (non-hydrogen) atoms. The van der Waals surface area contributed by atoms with Crippen LogP contribution in [0.3, 0.4) is 0 Å². The number of rotatable bonds is 19. The third-order valence-corrected chi connectivity index (χ3v) is 15.9. The standard InChI is InChI=1S/C61H67FN10O7S/c1-38-7-6-8-45(33-38)49-23-27-72(69-49)52-35-51(70-28-31-78-32-29-70)66-59(67-52)79-30-24-40-9-11-41(12-10-40)42-17-19-46(20-18-42)64-53(74)22-21-48(43-13-15-44(16-14-43)54-39(2)63-37-80-54)65-56(75)50-34-47(73)36-71(50)57(76)55(60(3,4)5)68-58(77)61(62)25-26-61/h6-20,23,27,33,35,37,47-48,50,55,73H,21-22,24-26,28-32,34,36H2,1-5H3,(H,64,74)(H,65,75)(H,68,77)/t47-,48+,50+,55-/m1/s1. The van der Waals surface area contributed by atoms with Crippen molar-refractivity contribution < 1.29 is 38.1 Å². The van der Waals surface area contributed by atoms with Crippen LogP contribution in [0, 0.1) is 19.3 Å². The Morgan fingerprint density at radius 2 is 1.56 bits per heavy atom. The van der Waals surface area contributed by atoms with Crippen LogP contribution in [0.1, 0.15) is 81.3 Å². The molecule has 2 saturated heterocycles. The second-order valence-electron chi connectivity index (χ2n) is 22.0. The largest absolute Gasteiger partial charge is 0.463 e. The van der Waals surface area contributed by atoms with Crippen molar-refractivity contribution in [3.8, 4) is 44.7 Å². The number of amides is 4. The number of benzene rings is 4. The number of alkyl halides is 1. The quantitative estimate of drug-likeness (QED) is 0.0600. The number of thiazole rings is 1. The summed E-state index contributed by atoms with van der Waals surface area (Å²) in [4.78, 5) is 73.4. The summed E-state index contributed by atoms with van der Waals surface area (Å²) in [5, 5.41) is 24.4. The Kier molecular flexibility index (Phi) is 16.5. The Labute approximate surface area is 469 Å². The van der Waals surface area contributed by atoms with Gasteiger partial charge in [0.15, 0.2) is 11.5 Å². The third-order valence-electron chi connectivity index (χ3n) is 14.9. The second kappa shape index (κ2) is 23.8. The fraction of sp³-hybridized carbons (Fsp3) is 0.377. The Morgan fingerprint density at radius 3 is 2.24 bits per heavy atom. The van der Waals surface area contributed by atoms with E-state index in [1.54, 1.807) is 31.0 Å². The average Bonchev–Trinajstić information content (AvgIpc) is 3.78. The number of anilines is 2. The van der Waals surface area contributed by atoms with E-state index in [9.17, 15) is 28.7 Å². The molecule has 3 fully saturated rings. The number of nitrogens with one attached hydrogen (secondary N) is 3. The zero-order valence-electron chi connectivity index (χ0n) is 45.7. The highest BCUT2D eigenvalue weighted by atomic mass is 32.1. The van der Waals surface area contributed by atoms with Crippen LogP contribution >= 0.6 is 11.3 Å². The molecule has 10 rings (SSSR count). The minimum absolute atomic E-state index is 0.0327. The molecule has 0 unspecified atom stereocenters. The Bertz CT molecular complexity index is 3330. The number of carbonyl (C=O) groups is 4. The molecule has 4 amide bonds. The first kappa shape index (κ1) is 55.4. The van der Waals surface area contributed by atoms with Crippen molar-refractivity contribution in [2.75, 3.05) is 49.7 Å². The number of β-amino-alcohol motifs (C(OH)–C–C–N with tert-alkyl or cyclic N) is 1. The fourth-order valence-electron chi connectivity index (χ4n) is 10.1. The van der Waals surface area contributed by atoms with E-state index in [4.69, 9.17) is 24.5 Å². The summed E-state index contributed by atoms with van der Waals surface area (Å²) in [6, 6.07) is 33.1. The molecule has 416 valence electrons. The van der Waals surface area contributed by atoms with Gasteiger partial charge in [-0.15, -0.1) is 11.3 Å². The predicted molar refractivity (Wildman–Crippen MR) is 305 cm³/mol. The van der Waals surface area contributed by atoms with Crippen molar-refractivity contribution >= 4 is 46.5 Å². The summed E-state index contributed by atoms with van der Waals surface area (Å²) in [6.07, 6.45) is 1.91. The van der Waals surface area contributed by atoms with Crippen molar-refractivity contribution in [3.05, 3.63) is 143 Å². The maximum absolute atomic E-state index is 14.8. The van der Waals surface area contributed by atoms with Gasteiger partial charge in [0.25, 0.3) is 5.91 Å². The molecule has 0 radical (unpaired) electrons. The van der Waals surface area contributed by atoms with Gasteiger partial charge in [-0.1, -0.05) is 105 Å². The van der Waals surface area contributed by atoms with Crippen molar-refractivity contribution in [2.45, 2.75) is 103 Å².